The van der Waals surface area contributed by atoms with Crippen LogP contribution in [0.25, 0.3) is 0 Å². The van der Waals surface area contributed by atoms with Crippen LogP contribution in [-0.4, -0.2) is 55.3 Å². The van der Waals surface area contributed by atoms with Gasteiger partial charge in [-0.3, -0.25) is 0 Å². The van der Waals surface area contributed by atoms with Gasteiger partial charge in [0, 0.05) is 0 Å². The smallest absolute Gasteiger partial charge is 0.341 e. The number of carboxylic acids is 2. The largest absolute Gasteiger partial charge is 0.479 e. The van der Waals surface area contributed by atoms with Gasteiger partial charge in [-0.2, -0.15) is 0 Å². The van der Waals surface area contributed by atoms with Gasteiger partial charge in [-0.05, 0) is 6.92 Å². The SMILES string of the molecule is CC(O)(C(=O)O)C(O)(CO)C(=O)O. The van der Waals surface area contributed by atoms with Crippen molar-refractivity contribution in [2.75, 3.05) is 6.61 Å². The van der Waals surface area contributed by atoms with Crippen molar-refractivity contribution in [2.45, 2.75) is 18.1 Å². The van der Waals surface area contributed by atoms with Crippen molar-refractivity contribution >= 4 is 11.9 Å². The number of aliphatic hydroxyl groups is 3. The van der Waals surface area contributed by atoms with Crippen LogP contribution in [0, 0.1) is 0 Å². The predicted octanol–water partition coefficient (Wildman–Crippen LogP) is -2.37. The monoisotopic (exact) mass is 194 g/mol. The highest BCUT2D eigenvalue weighted by atomic mass is 16.5. The van der Waals surface area contributed by atoms with Crippen molar-refractivity contribution in [3.63, 3.8) is 0 Å². The fourth-order valence-electron chi connectivity index (χ4n) is 0.607. The van der Waals surface area contributed by atoms with E-state index in [1.54, 1.807) is 0 Å². The third-order valence-corrected chi connectivity index (χ3v) is 1.80. The molecule has 0 saturated carbocycles. The maximum Gasteiger partial charge on any atom is 0.341 e. The Hall–Kier alpha value is -1.18. The summed E-state index contributed by atoms with van der Waals surface area (Å²) in [7, 11) is 0. The van der Waals surface area contributed by atoms with Crippen LogP contribution in [0.15, 0.2) is 0 Å². The van der Waals surface area contributed by atoms with E-state index in [4.69, 9.17) is 25.5 Å². The fraction of sp³-hybridized carbons (Fsp3) is 0.667. The molecule has 76 valence electrons. The van der Waals surface area contributed by atoms with Crippen LogP contribution in [0.3, 0.4) is 0 Å². The van der Waals surface area contributed by atoms with Gasteiger partial charge in [0.1, 0.15) is 0 Å². The fourth-order valence-corrected chi connectivity index (χ4v) is 0.607. The summed E-state index contributed by atoms with van der Waals surface area (Å²) in [6.45, 7) is -0.818. The molecule has 0 spiro atoms. The highest BCUT2D eigenvalue weighted by Crippen LogP contribution is 2.22. The van der Waals surface area contributed by atoms with E-state index in [1.807, 2.05) is 0 Å². The van der Waals surface area contributed by atoms with Crippen LogP contribution in [0.4, 0.5) is 0 Å². The summed E-state index contributed by atoms with van der Waals surface area (Å²) < 4.78 is 0. The van der Waals surface area contributed by atoms with E-state index in [-0.39, 0.29) is 0 Å². The van der Waals surface area contributed by atoms with Gasteiger partial charge in [0.2, 0.25) is 11.2 Å². The zero-order chi connectivity index (χ0) is 10.9. The lowest BCUT2D eigenvalue weighted by molar-refractivity contribution is -0.209. The molecule has 0 aromatic rings. The van der Waals surface area contributed by atoms with Crippen molar-refractivity contribution in [1.82, 2.24) is 0 Å². The minimum Gasteiger partial charge on any atom is -0.479 e. The van der Waals surface area contributed by atoms with E-state index in [2.05, 4.69) is 0 Å². The molecule has 0 aliphatic rings. The van der Waals surface area contributed by atoms with Crippen molar-refractivity contribution in [1.29, 1.82) is 0 Å². The second-order valence-electron chi connectivity index (χ2n) is 2.70. The Kier molecular flexibility index (Phi) is 2.99. The average Bonchev–Trinajstić information content (AvgIpc) is 2.01. The summed E-state index contributed by atoms with van der Waals surface area (Å²) in [6.07, 6.45) is 0. The second-order valence-corrected chi connectivity index (χ2v) is 2.70. The van der Waals surface area contributed by atoms with E-state index < -0.39 is 29.7 Å². The number of carboxylic acid groups (broad SMARTS) is 2. The third kappa shape index (κ3) is 1.62. The summed E-state index contributed by atoms with van der Waals surface area (Å²) in [6, 6.07) is 0. The Balaban J connectivity index is 5.19. The van der Waals surface area contributed by atoms with Gasteiger partial charge in [0.15, 0.2) is 0 Å². The van der Waals surface area contributed by atoms with Crippen LogP contribution < -0.4 is 0 Å². The zero-order valence-corrected chi connectivity index (χ0v) is 6.76. The minimum absolute atomic E-state index is 0.583. The lowest BCUT2D eigenvalue weighted by atomic mass is 9.85. The maximum absolute atomic E-state index is 10.4. The highest BCUT2D eigenvalue weighted by molar-refractivity contribution is 5.90. The molecule has 13 heavy (non-hydrogen) atoms. The minimum atomic E-state index is -3.11. The number of aliphatic hydroxyl groups excluding tert-OH is 1. The summed E-state index contributed by atoms with van der Waals surface area (Å²) in [5.41, 5.74) is -6.06. The van der Waals surface area contributed by atoms with Crippen LogP contribution in [0.2, 0.25) is 0 Å². The van der Waals surface area contributed by atoms with Crippen LogP contribution >= 0.6 is 0 Å². The standard InChI is InChI=1S/C6H10O7/c1-5(12,3(8)9)6(13,2-7)4(10)11/h7,12-13H,2H2,1H3,(H,8,9)(H,10,11). The Bertz CT molecular complexity index is 233. The molecule has 0 heterocycles. The topological polar surface area (TPSA) is 135 Å². The van der Waals surface area contributed by atoms with Gasteiger partial charge in [-0.1, -0.05) is 0 Å². The van der Waals surface area contributed by atoms with Crippen LogP contribution in [-0.2, 0) is 9.59 Å². The number of carbonyl (C=O) groups is 2. The van der Waals surface area contributed by atoms with Crippen molar-refractivity contribution in [3.8, 4) is 0 Å². The maximum atomic E-state index is 10.4. The van der Waals surface area contributed by atoms with E-state index in [0.717, 1.165) is 0 Å². The van der Waals surface area contributed by atoms with Crippen LogP contribution in [0.5, 0.6) is 0 Å². The lowest BCUT2D eigenvalue weighted by Gasteiger charge is -2.32. The number of rotatable bonds is 4. The quantitative estimate of drug-likeness (QED) is 0.337. The summed E-state index contributed by atoms with van der Waals surface area (Å²) in [4.78, 5) is 20.7. The van der Waals surface area contributed by atoms with Gasteiger partial charge >= 0.3 is 11.9 Å². The molecule has 0 aliphatic heterocycles. The molecule has 0 radical (unpaired) electrons. The summed E-state index contributed by atoms with van der Waals surface area (Å²) in [5.74, 6) is -3.95. The molecule has 0 fully saturated rings. The lowest BCUT2D eigenvalue weighted by Crippen LogP contribution is -2.64. The van der Waals surface area contributed by atoms with E-state index in [1.165, 1.54) is 0 Å². The van der Waals surface area contributed by atoms with Crippen molar-refractivity contribution in [3.05, 3.63) is 0 Å². The molecule has 0 aromatic carbocycles. The van der Waals surface area contributed by atoms with Crippen molar-refractivity contribution in [2.24, 2.45) is 0 Å². The number of hydrogen-bond acceptors (Lipinski definition) is 5. The molecule has 0 aromatic heterocycles. The first-order valence-electron chi connectivity index (χ1n) is 3.22. The highest BCUT2D eigenvalue weighted by Gasteiger charge is 2.57. The molecule has 0 rings (SSSR count). The Labute approximate surface area is 72.9 Å². The molecule has 2 unspecified atom stereocenters. The molecule has 7 heteroatoms. The molecule has 0 aliphatic carbocycles. The second kappa shape index (κ2) is 3.29. The molecular weight excluding hydrogens is 184 g/mol. The van der Waals surface area contributed by atoms with E-state index in [0.29, 0.717) is 6.92 Å². The Morgan fingerprint density at radius 3 is 1.62 bits per heavy atom. The molecule has 7 nitrogen and oxygen atoms in total. The molecule has 0 bridgehead atoms. The molecule has 0 amide bonds. The van der Waals surface area contributed by atoms with Crippen LogP contribution in [0.1, 0.15) is 6.92 Å². The van der Waals surface area contributed by atoms with Gasteiger partial charge in [0.05, 0.1) is 6.61 Å². The first kappa shape index (κ1) is 11.8. The number of aliphatic carboxylic acids is 2. The van der Waals surface area contributed by atoms with Gasteiger partial charge in [-0.15, -0.1) is 0 Å². The summed E-state index contributed by atoms with van der Waals surface area (Å²) in [5, 5.41) is 43.4. The first-order valence-corrected chi connectivity index (χ1v) is 3.22. The van der Waals surface area contributed by atoms with Crippen molar-refractivity contribution < 1.29 is 35.1 Å². The summed E-state index contributed by atoms with van der Waals surface area (Å²) >= 11 is 0. The third-order valence-electron chi connectivity index (χ3n) is 1.80. The molecule has 0 saturated heterocycles. The predicted molar refractivity (Wildman–Crippen MR) is 37.9 cm³/mol. The first-order chi connectivity index (χ1) is 5.70. The van der Waals surface area contributed by atoms with Gasteiger partial charge in [0.25, 0.3) is 0 Å². The van der Waals surface area contributed by atoms with Gasteiger partial charge < -0.3 is 25.5 Å². The number of hydrogen-bond donors (Lipinski definition) is 5. The molecule has 5 N–H and O–H groups in total. The Morgan fingerprint density at radius 1 is 1.15 bits per heavy atom. The van der Waals surface area contributed by atoms with E-state index >= 15 is 0 Å². The molecular formula is C6H10O7. The normalized spacial score (nSPS) is 20.0. The van der Waals surface area contributed by atoms with Gasteiger partial charge in [-0.25, -0.2) is 9.59 Å². The molecule has 2 atom stereocenters. The zero-order valence-electron chi connectivity index (χ0n) is 6.76. The Morgan fingerprint density at radius 2 is 1.54 bits per heavy atom. The van der Waals surface area contributed by atoms with E-state index in [9.17, 15) is 9.59 Å². The average molecular weight is 194 g/mol.